The van der Waals surface area contributed by atoms with E-state index in [1.807, 2.05) is 0 Å². The van der Waals surface area contributed by atoms with Crippen LogP contribution in [0.25, 0.3) is 0 Å². The zero-order valence-corrected chi connectivity index (χ0v) is 8.69. The zero-order valence-electron chi connectivity index (χ0n) is 7.93. The highest BCUT2D eigenvalue weighted by atomic mass is 35.5. The van der Waals surface area contributed by atoms with Crippen LogP contribution < -0.4 is 4.74 Å². The summed E-state index contributed by atoms with van der Waals surface area (Å²) in [6.45, 7) is -1.08. The molecule has 0 unspecified atom stereocenters. The van der Waals surface area contributed by atoms with Gasteiger partial charge in [0.1, 0.15) is 5.15 Å². The number of hydrogen-bond donors (Lipinski definition) is 1. The van der Waals surface area contributed by atoms with Crippen LogP contribution in [0, 0.1) is 0 Å². The van der Waals surface area contributed by atoms with Crippen molar-refractivity contribution in [3.05, 3.63) is 22.5 Å². The average molecular weight is 278 g/mol. The van der Waals surface area contributed by atoms with Crippen molar-refractivity contribution in [1.82, 2.24) is 4.98 Å². The minimum atomic E-state index is -5.07. The maximum atomic E-state index is 12.5. The summed E-state index contributed by atoms with van der Waals surface area (Å²) in [6.07, 6.45) is -7.72. The van der Waals surface area contributed by atoms with Gasteiger partial charge in [-0.05, 0) is 0 Å². The molecule has 1 aromatic heterocycles. The second-order valence-corrected chi connectivity index (χ2v) is 3.17. The lowest BCUT2D eigenvalue weighted by molar-refractivity contribution is -0.275. The third-order valence-electron chi connectivity index (χ3n) is 1.74. The minimum absolute atomic E-state index is 0.521. The minimum Gasteiger partial charge on any atom is -0.404 e. The number of alkyl halides is 5. The number of ether oxygens (including phenoxy) is 1. The summed E-state index contributed by atoms with van der Waals surface area (Å²) >= 11 is 5.31. The molecule has 9 heteroatoms. The van der Waals surface area contributed by atoms with E-state index in [1.54, 1.807) is 0 Å². The van der Waals surface area contributed by atoms with Crippen LogP contribution in [0.1, 0.15) is 17.6 Å². The van der Waals surface area contributed by atoms with E-state index in [1.165, 1.54) is 0 Å². The highest BCUT2D eigenvalue weighted by Crippen LogP contribution is 2.36. The Labute approximate surface area is 96.8 Å². The fourth-order valence-electron chi connectivity index (χ4n) is 1.12. The first-order valence-corrected chi connectivity index (χ1v) is 4.46. The lowest BCUT2D eigenvalue weighted by Crippen LogP contribution is -2.19. The maximum absolute atomic E-state index is 12.5. The van der Waals surface area contributed by atoms with Gasteiger partial charge in [0, 0.05) is 5.56 Å². The Hall–Kier alpha value is -1.15. The number of aliphatic hydroxyl groups is 1. The highest BCUT2D eigenvalue weighted by Gasteiger charge is 2.34. The molecule has 0 saturated carbocycles. The molecule has 96 valence electrons. The van der Waals surface area contributed by atoms with Crippen LogP contribution in [0.3, 0.4) is 0 Å². The van der Waals surface area contributed by atoms with Crippen LogP contribution in [0.5, 0.6) is 5.75 Å². The number of rotatable bonds is 3. The summed E-state index contributed by atoms with van der Waals surface area (Å²) in [4.78, 5) is 3.14. The first-order valence-electron chi connectivity index (χ1n) is 4.08. The predicted octanol–water partition coefficient (Wildman–Crippen LogP) is 3.06. The van der Waals surface area contributed by atoms with Crippen molar-refractivity contribution in [3.63, 3.8) is 0 Å². The van der Waals surface area contributed by atoms with Gasteiger partial charge in [0.15, 0.2) is 5.75 Å². The van der Waals surface area contributed by atoms with E-state index in [0.717, 1.165) is 0 Å². The van der Waals surface area contributed by atoms with Gasteiger partial charge in [-0.25, -0.2) is 13.8 Å². The summed E-state index contributed by atoms with van der Waals surface area (Å²) in [5, 5.41) is 8.12. The third kappa shape index (κ3) is 3.40. The number of pyridine rings is 1. The third-order valence-corrected chi connectivity index (χ3v) is 2.04. The molecule has 0 spiro atoms. The Morgan fingerprint density at radius 3 is 2.41 bits per heavy atom. The Balaban J connectivity index is 3.28. The zero-order chi connectivity index (χ0) is 13.2. The number of aliphatic hydroxyl groups excluding tert-OH is 1. The molecule has 0 aromatic carbocycles. The number of aromatic nitrogens is 1. The lowest BCUT2D eigenvalue weighted by atomic mass is 10.1. The molecule has 0 aliphatic heterocycles. The van der Waals surface area contributed by atoms with Gasteiger partial charge in [-0.2, -0.15) is 0 Å². The first-order chi connectivity index (χ1) is 7.76. The molecule has 0 aliphatic carbocycles. The second kappa shape index (κ2) is 5.01. The van der Waals surface area contributed by atoms with Crippen LogP contribution in [-0.2, 0) is 6.61 Å². The van der Waals surface area contributed by atoms with Crippen molar-refractivity contribution in [2.45, 2.75) is 19.4 Å². The number of nitrogens with zero attached hydrogens (tertiary/aromatic N) is 1. The molecule has 1 N–H and O–H groups in total. The van der Waals surface area contributed by atoms with Gasteiger partial charge in [-0.15, -0.1) is 13.2 Å². The van der Waals surface area contributed by atoms with Crippen LogP contribution in [0.4, 0.5) is 22.0 Å². The molecule has 17 heavy (non-hydrogen) atoms. The van der Waals surface area contributed by atoms with E-state index in [9.17, 15) is 22.0 Å². The molecule has 0 radical (unpaired) electrons. The van der Waals surface area contributed by atoms with E-state index in [2.05, 4.69) is 9.72 Å². The first kappa shape index (κ1) is 13.9. The van der Waals surface area contributed by atoms with Gasteiger partial charge < -0.3 is 9.84 Å². The van der Waals surface area contributed by atoms with Gasteiger partial charge in [0.2, 0.25) is 0 Å². The van der Waals surface area contributed by atoms with Crippen molar-refractivity contribution in [1.29, 1.82) is 0 Å². The molecule has 1 rings (SSSR count). The summed E-state index contributed by atoms with van der Waals surface area (Å²) in [7, 11) is 0. The lowest BCUT2D eigenvalue weighted by Gasteiger charge is -2.15. The number of hydrogen-bond acceptors (Lipinski definition) is 3. The van der Waals surface area contributed by atoms with Gasteiger partial charge in [0.05, 0.1) is 18.4 Å². The molecule has 0 fully saturated rings. The van der Waals surface area contributed by atoms with Gasteiger partial charge in [0.25, 0.3) is 6.43 Å². The normalized spacial score (nSPS) is 12.0. The van der Waals surface area contributed by atoms with E-state index < -0.39 is 41.4 Å². The van der Waals surface area contributed by atoms with E-state index in [4.69, 9.17) is 16.7 Å². The summed E-state index contributed by atoms with van der Waals surface area (Å²) in [5.41, 5.74) is -1.71. The Bertz CT molecular complexity index is 410. The van der Waals surface area contributed by atoms with Crippen molar-refractivity contribution >= 4 is 11.6 Å². The quantitative estimate of drug-likeness (QED) is 0.682. The summed E-state index contributed by atoms with van der Waals surface area (Å²) in [6, 6.07) is 0. The van der Waals surface area contributed by atoms with Crippen molar-refractivity contribution in [3.8, 4) is 5.75 Å². The SMILES string of the molecule is OCc1c(OC(F)(F)F)cnc(Cl)c1C(F)F. The standard InChI is InChI=1S/C8H5ClF5NO2/c9-6-5(7(10)11)3(2-16)4(1-15-6)17-8(12,13)14/h1,7,16H,2H2. The van der Waals surface area contributed by atoms with Crippen LogP contribution in [-0.4, -0.2) is 16.5 Å². The molecule has 0 saturated heterocycles. The van der Waals surface area contributed by atoms with Crippen molar-refractivity contribution in [2.75, 3.05) is 0 Å². The van der Waals surface area contributed by atoms with Crippen molar-refractivity contribution < 1.29 is 31.8 Å². The largest absolute Gasteiger partial charge is 0.573 e. The Kier molecular flexibility index (Phi) is 4.10. The van der Waals surface area contributed by atoms with Crippen molar-refractivity contribution in [2.24, 2.45) is 0 Å². The molecule has 0 bridgehead atoms. The molecule has 1 aromatic rings. The fraction of sp³-hybridized carbons (Fsp3) is 0.375. The van der Waals surface area contributed by atoms with Crippen LogP contribution in [0.2, 0.25) is 5.15 Å². The average Bonchev–Trinajstić information content (AvgIpc) is 2.17. The van der Waals surface area contributed by atoms with E-state index >= 15 is 0 Å². The van der Waals surface area contributed by atoms with E-state index in [-0.39, 0.29) is 0 Å². The molecule has 1 heterocycles. The Morgan fingerprint density at radius 2 is 2.00 bits per heavy atom. The molecular formula is C8H5ClF5NO2. The second-order valence-electron chi connectivity index (χ2n) is 2.81. The Morgan fingerprint density at radius 1 is 1.41 bits per heavy atom. The molecule has 0 amide bonds. The topological polar surface area (TPSA) is 42.4 Å². The summed E-state index contributed by atoms with van der Waals surface area (Å²) < 4.78 is 64.3. The van der Waals surface area contributed by atoms with E-state index in [0.29, 0.717) is 6.20 Å². The van der Waals surface area contributed by atoms with Crippen LogP contribution >= 0.6 is 11.6 Å². The van der Waals surface area contributed by atoms with Gasteiger partial charge in [-0.1, -0.05) is 11.6 Å². The number of halogens is 6. The molecular weight excluding hydrogens is 273 g/mol. The predicted molar refractivity (Wildman–Crippen MR) is 46.8 cm³/mol. The highest BCUT2D eigenvalue weighted by molar-refractivity contribution is 6.30. The monoisotopic (exact) mass is 277 g/mol. The smallest absolute Gasteiger partial charge is 0.404 e. The summed E-state index contributed by atoms with van der Waals surface area (Å²) in [5.74, 6) is -1.00. The van der Waals surface area contributed by atoms with Gasteiger partial charge in [-0.3, -0.25) is 0 Å². The molecule has 0 atom stereocenters. The maximum Gasteiger partial charge on any atom is 0.573 e. The van der Waals surface area contributed by atoms with Gasteiger partial charge >= 0.3 is 6.36 Å². The molecule has 0 aliphatic rings. The fourth-order valence-corrected chi connectivity index (χ4v) is 1.36. The van der Waals surface area contributed by atoms with Crippen LogP contribution in [0.15, 0.2) is 6.20 Å². The molecule has 3 nitrogen and oxygen atoms in total.